The van der Waals surface area contributed by atoms with E-state index in [0.29, 0.717) is 11.1 Å². The van der Waals surface area contributed by atoms with E-state index in [4.69, 9.17) is 0 Å². The number of hydrazine groups is 1. The van der Waals surface area contributed by atoms with Crippen LogP contribution in [-0.4, -0.2) is 16.8 Å². The van der Waals surface area contributed by atoms with Crippen LogP contribution in [0.2, 0.25) is 0 Å². The molecule has 0 fully saturated rings. The van der Waals surface area contributed by atoms with Gasteiger partial charge in [-0.3, -0.25) is 0 Å². The van der Waals surface area contributed by atoms with E-state index in [0.717, 1.165) is 16.7 Å². The maximum absolute atomic E-state index is 12.7. The van der Waals surface area contributed by atoms with Gasteiger partial charge in [0.15, 0.2) is 0 Å². The van der Waals surface area contributed by atoms with Crippen molar-refractivity contribution in [3.8, 4) is 0 Å². The Bertz CT molecular complexity index is 983. The molecule has 0 aliphatic heterocycles. The molecule has 2 rings (SSSR count). The zero-order valence-corrected chi connectivity index (χ0v) is 16.5. The topological polar surface area (TPSA) is 92.3 Å². The zero-order chi connectivity index (χ0) is 19.0. The van der Waals surface area contributed by atoms with Crippen LogP contribution in [0, 0.1) is 34.6 Å². The smallest absolute Gasteiger partial charge is 0.206 e. The van der Waals surface area contributed by atoms with Crippen LogP contribution >= 0.6 is 0 Å². The fourth-order valence-electron chi connectivity index (χ4n) is 2.52. The van der Waals surface area contributed by atoms with Gasteiger partial charge >= 0.3 is 0 Å². The molecule has 0 unspecified atom stereocenters. The summed E-state index contributed by atoms with van der Waals surface area (Å²) in [6.45, 7) is 8.86. The number of nitrogens with one attached hydrogen (secondary N) is 2. The van der Waals surface area contributed by atoms with Crippen molar-refractivity contribution in [2.75, 3.05) is 0 Å². The van der Waals surface area contributed by atoms with Crippen LogP contribution in [0.3, 0.4) is 0 Å². The summed E-state index contributed by atoms with van der Waals surface area (Å²) in [4.78, 5) is 4.04. The lowest BCUT2D eigenvalue weighted by atomic mass is 10.0. The van der Waals surface area contributed by atoms with E-state index in [9.17, 15) is 16.8 Å². The second-order valence-electron chi connectivity index (χ2n) is 6.11. The van der Waals surface area contributed by atoms with Gasteiger partial charge in [0, 0.05) is 0 Å². The number of benzene rings is 2. The lowest BCUT2D eigenvalue weighted by Gasteiger charge is -2.16. The van der Waals surface area contributed by atoms with Crippen LogP contribution in [0.1, 0.15) is 27.8 Å². The molecular formula is C17H22N2O4S2. The molecule has 8 heteroatoms. The van der Waals surface area contributed by atoms with Crippen LogP contribution < -0.4 is 9.66 Å². The molecular weight excluding hydrogens is 360 g/mol. The highest BCUT2D eigenvalue weighted by molar-refractivity contribution is 7.92. The second-order valence-corrected chi connectivity index (χ2v) is 9.42. The Kier molecular flexibility index (Phi) is 5.38. The van der Waals surface area contributed by atoms with Crippen molar-refractivity contribution in [1.29, 1.82) is 0 Å². The van der Waals surface area contributed by atoms with Crippen molar-refractivity contribution >= 4 is 20.0 Å². The predicted molar refractivity (Wildman–Crippen MR) is 97.2 cm³/mol. The van der Waals surface area contributed by atoms with Gasteiger partial charge in [-0.05, 0) is 69.0 Å². The average Bonchev–Trinajstić information content (AvgIpc) is 2.52. The van der Waals surface area contributed by atoms with Crippen molar-refractivity contribution in [2.45, 2.75) is 44.4 Å². The second kappa shape index (κ2) is 6.87. The molecule has 0 aliphatic carbocycles. The fourth-order valence-corrected chi connectivity index (χ4v) is 5.24. The molecule has 0 heterocycles. The van der Waals surface area contributed by atoms with E-state index < -0.39 is 20.0 Å². The molecule has 0 radical (unpaired) electrons. The third-order valence-corrected chi connectivity index (χ3v) is 7.12. The molecule has 25 heavy (non-hydrogen) atoms. The fraction of sp³-hybridized carbons (Fsp3) is 0.294. The number of sulfonamides is 2. The lowest BCUT2D eigenvalue weighted by molar-refractivity contribution is 0.557. The molecule has 0 aromatic heterocycles. The van der Waals surface area contributed by atoms with Gasteiger partial charge in [0.1, 0.15) is 0 Å². The van der Waals surface area contributed by atoms with Crippen LogP contribution in [0.25, 0.3) is 0 Å². The highest BCUT2D eigenvalue weighted by Gasteiger charge is 2.24. The summed E-state index contributed by atoms with van der Waals surface area (Å²) < 4.78 is 49.9. The Morgan fingerprint density at radius 3 is 1.60 bits per heavy atom. The Balaban J connectivity index is 2.36. The SMILES string of the molecule is Cc1ccc(S(=O)(=O)NNS(=O)(=O)c2c(C)c(C)cc(C)c2C)cc1. The maximum Gasteiger partial charge on any atom is 0.254 e. The Morgan fingerprint density at radius 1 is 0.680 bits per heavy atom. The van der Waals surface area contributed by atoms with Gasteiger partial charge in [-0.2, -0.15) is 0 Å². The maximum atomic E-state index is 12.7. The van der Waals surface area contributed by atoms with Crippen LogP contribution in [0.4, 0.5) is 0 Å². The van der Waals surface area contributed by atoms with Gasteiger partial charge in [0.05, 0.1) is 9.79 Å². The summed E-state index contributed by atoms with van der Waals surface area (Å²) >= 11 is 0. The highest BCUT2D eigenvalue weighted by Crippen LogP contribution is 2.25. The first-order valence-electron chi connectivity index (χ1n) is 7.63. The molecule has 0 saturated carbocycles. The number of rotatable bonds is 5. The van der Waals surface area contributed by atoms with Gasteiger partial charge in [-0.1, -0.05) is 23.8 Å². The summed E-state index contributed by atoms with van der Waals surface area (Å²) in [7, 11) is -8.06. The molecule has 0 saturated heterocycles. The van der Waals surface area contributed by atoms with E-state index in [-0.39, 0.29) is 9.79 Å². The largest absolute Gasteiger partial charge is 0.254 e. The molecule has 0 spiro atoms. The molecule has 2 aromatic rings. The van der Waals surface area contributed by atoms with Crippen molar-refractivity contribution in [1.82, 2.24) is 9.66 Å². The van der Waals surface area contributed by atoms with Gasteiger partial charge < -0.3 is 0 Å². The molecule has 136 valence electrons. The van der Waals surface area contributed by atoms with Crippen molar-refractivity contribution in [3.63, 3.8) is 0 Å². The molecule has 0 aliphatic rings. The van der Waals surface area contributed by atoms with Gasteiger partial charge in [-0.15, -0.1) is 9.66 Å². The van der Waals surface area contributed by atoms with Crippen molar-refractivity contribution in [2.24, 2.45) is 0 Å². The lowest BCUT2D eigenvalue weighted by Crippen LogP contribution is -2.42. The highest BCUT2D eigenvalue weighted by atomic mass is 32.2. The Hall–Kier alpha value is -1.74. The first-order chi connectivity index (χ1) is 11.5. The van der Waals surface area contributed by atoms with Crippen molar-refractivity contribution < 1.29 is 16.8 Å². The van der Waals surface area contributed by atoms with E-state index in [2.05, 4.69) is 0 Å². The summed E-state index contributed by atoms with van der Waals surface area (Å²) in [5.74, 6) is 0. The third-order valence-electron chi connectivity index (χ3n) is 4.21. The first-order valence-corrected chi connectivity index (χ1v) is 10.6. The third kappa shape index (κ3) is 4.09. The standard InChI is InChI=1S/C17H22N2O4S2/c1-11-6-8-16(9-7-11)24(20,21)18-19-25(22,23)17-14(4)12(2)10-13(3)15(17)5/h6-10,18-19H,1-5H3. The first kappa shape index (κ1) is 19.6. The Labute approximate surface area is 149 Å². The minimum absolute atomic E-state index is 0.0188. The quantitative estimate of drug-likeness (QED) is 0.777. The summed E-state index contributed by atoms with van der Waals surface area (Å²) in [6.07, 6.45) is 0. The van der Waals surface area contributed by atoms with Gasteiger partial charge in [-0.25, -0.2) is 16.8 Å². The molecule has 2 N–H and O–H groups in total. The van der Waals surface area contributed by atoms with Crippen LogP contribution in [-0.2, 0) is 20.0 Å². The normalized spacial score (nSPS) is 12.4. The molecule has 6 nitrogen and oxygen atoms in total. The number of aryl methyl sites for hydroxylation is 3. The monoisotopic (exact) mass is 382 g/mol. The van der Waals surface area contributed by atoms with Crippen LogP contribution in [0.15, 0.2) is 40.1 Å². The predicted octanol–water partition coefficient (Wildman–Crippen LogP) is 2.40. The van der Waals surface area contributed by atoms with Crippen LogP contribution in [0.5, 0.6) is 0 Å². The zero-order valence-electron chi connectivity index (χ0n) is 14.8. The van der Waals surface area contributed by atoms with E-state index >= 15 is 0 Å². The number of hydrogen-bond acceptors (Lipinski definition) is 4. The summed E-state index contributed by atoms with van der Waals surface area (Å²) in [5, 5.41) is 0. The Morgan fingerprint density at radius 2 is 1.12 bits per heavy atom. The summed E-state index contributed by atoms with van der Waals surface area (Å²) in [5.41, 5.74) is 3.73. The molecule has 0 atom stereocenters. The van der Waals surface area contributed by atoms with E-state index in [1.165, 1.54) is 12.1 Å². The molecule has 0 amide bonds. The van der Waals surface area contributed by atoms with Gasteiger partial charge in [0.25, 0.3) is 20.0 Å². The molecule has 0 bridgehead atoms. The summed E-state index contributed by atoms with van der Waals surface area (Å²) in [6, 6.07) is 8.02. The van der Waals surface area contributed by atoms with Crippen molar-refractivity contribution in [3.05, 3.63) is 58.1 Å². The van der Waals surface area contributed by atoms with E-state index in [1.807, 2.05) is 36.5 Å². The van der Waals surface area contributed by atoms with Gasteiger partial charge in [0.2, 0.25) is 0 Å². The number of hydrogen-bond donors (Lipinski definition) is 2. The average molecular weight is 383 g/mol. The minimum Gasteiger partial charge on any atom is -0.206 e. The van der Waals surface area contributed by atoms with E-state index in [1.54, 1.807) is 26.0 Å². The molecule has 2 aromatic carbocycles. The minimum atomic E-state index is -4.06.